The van der Waals surface area contributed by atoms with E-state index in [-0.39, 0.29) is 16.7 Å². The second-order valence-corrected chi connectivity index (χ2v) is 6.96. The van der Waals surface area contributed by atoms with E-state index in [2.05, 4.69) is 20.4 Å². The molecule has 7 nitrogen and oxygen atoms in total. The van der Waals surface area contributed by atoms with Crippen LogP contribution in [0, 0.1) is 20.8 Å². The van der Waals surface area contributed by atoms with E-state index in [4.69, 9.17) is 0 Å². The van der Waals surface area contributed by atoms with Crippen LogP contribution in [0.4, 0.5) is 0 Å². The molecule has 0 bridgehead atoms. The van der Waals surface area contributed by atoms with Crippen LogP contribution in [-0.4, -0.2) is 30.9 Å². The average molecular weight is 349 g/mol. The van der Waals surface area contributed by atoms with Crippen molar-refractivity contribution in [3.8, 4) is 0 Å². The van der Waals surface area contributed by atoms with Gasteiger partial charge in [0, 0.05) is 36.1 Å². The zero-order chi connectivity index (χ0) is 17.9. The first-order chi connectivity index (χ1) is 11.3. The number of carbonyl (C=O) groups excluding carboxylic acids is 1. The predicted octanol–water partition coefficient (Wildman–Crippen LogP) is 1.71. The highest BCUT2D eigenvalue weighted by Gasteiger charge is 2.17. The Bertz CT molecular complexity index is 796. The Labute approximate surface area is 145 Å². The summed E-state index contributed by atoms with van der Waals surface area (Å²) in [5, 5.41) is 7.47. The largest absolute Gasteiger partial charge is 0.351 e. The van der Waals surface area contributed by atoms with E-state index in [1.807, 2.05) is 25.5 Å². The SMILES string of the molecule is CCn1nc(C)c(CNC(=O)C(C)Sc2nc(C)cc(=O)[nH]2)c1C. The fourth-order valence-electron chi connectivity index (χ4n) is 2.45. The Kier molecular flexibility index (Phi) is 5.82. The molecule has 2 N–H and O–H groups in total. The van der Waals surface area contributed by atoms with E-state index in [0.29, 0.717) is 17.4 Å². The first-order valence-electron chi connectivity index (χ1n) is 7.87. The Hall–Kier alpha value is -2.09. The number of thioether (sulfide) groups is 1. The second kappa shape index (κ2) is 7.65. The lowest BCUT2D eigenvalue weighted by Gasteiger charge is -2.12. The van der Waals surface area contributed by atoms with Gasteiger partial charge in [-0.2, -0.15) is 5.10 Å². The van der Waals surface area contributed by atoms with Gasteiger partial charge in [0.15, 0.2) is 5.16 Å². The van der Waals surface area contributed by atoms with Crippen LogP contribution in [0.5, 0.6) is 0 Å². The Morgan fingerprint density at radius 3 is 2.71 bits per heavy atom. The third-order valence-electron chi connectivity index (χ3n) is 3.78. The molecule has 2 rings (SSSR count). The Morgan fingerprint density at radius 2 is 2.12 bits per heavy atom. The van der Waals surface area contributed by atoms with Crippen LogP contribution in [-0.2, 0) is 17.9 Å². The third-order valence-corrected chi connectivity index (χ3v) is 4.76. The van der Waals surface area contributed by atoms with Gasteiger partial charge in [0.1, 0.15) is 0 Å². The first-order valence-corrected chi connectivity index (χ1v) is 8.75. The number of H-pyrrole nitrogens is 1. The van der Waals surface area contributed by atoms with Crippen LogP contribution in [0.3, 0.4) is 0 Å². The lowest BCUT2D eigenvalue weighted by Crippen LogP contribution is -2.31. The number of carbonyl (C=O) groups is 1. The van der Waals surface area contributed by atoms with Crippen molar-refractivity contribution in [2.45, 2.75) is 58.1 Å². The number of aromatic nitrogens is 4. The molecule has 0 radical (unpaired) electrons. The van der Waals surface area contributed by atoms with Gasteiger partial charge in [-0.1, -0.05) is 11.8 Å². The number of nitrogens with zero attached hydrogens (tertiary/aromatic N) is 3. The summed E-state index contributed by atoms with van der Waals surface area (Å²) in [5.41, 5.74) is 3.47. The molecule has 0 aliphatic carbocycles. The maximum absolute atomic E-state index is 12.3. The number of aromatic amines is 1. The van der Waals surface area contributed by atoms with E-state index in [1.54, 1.807) is 13.8 Å². The molecule has 0 saturated heterocycles. The normalized spacial score (nSPS) is 12.2. The standard InChI is InChI=1S/C16H23N5O2S/c1-6-21-11(4)13(10(3)20-21)8-17-15(23)12(5)24-16-18-9(2)7-14(22)19-16/h7,12H,6,8H2,1-5H3,(H,17,23)(H,18,19,22). The minimum atomic E-state index is -0.364. The van der Waals surface area contributed by atoms with Crippen molar-refractivity contribution in [1.82, 2.24) is 25.1 Å². The maximum atomic E-state index is 12.3. The first kappa shape index (κ1) is 18.3. The number of hydrogen-bond donors (Lipinski definition) is 2. The van der Waals surface area contributed by atoms with E-state index in [9.17, 15) is 9.59 Å². The summed E-state index contributed by atoms with van der Waals surface area (Å²) in [7, 11) is 0. The smallest absolute Gasteiger partial charge is 0.251 e. The minimum absolute atomic E-state index is 0.104. The molecule has 0 saturated carbocycles. The summed E-state index contributed by atoms with van der Waals surface area (Å²) in [4.78, 5) is 30.6. The zero-order valence-electron chi connectivity index (χ0n) is 14.6. The lowest BCUT2D eigenvalue weighted by atomic mass is 10.2. The quantitative estimate of drug-likeness (QED) is 0.612. The van der Waals surface area contributed by atoms with E-state index < -0.39 is 0 Å². The monoisotopic (exact) mass is 349 g/mol. The van der Waals surface area contributed by atoms with Crippen LogP contribution in [0.2, 0.25) is 0 Å². The number of hydrogen-bond acceptors (Lipinski definition) is 5. The number of amides is 1. The van der Waals surface area contributed by atoms with Gasteiger partial charge in [-0.25, -0.2) is 4.98 Å². The highest BCUT2D eigenvalue weighted by atomic mass is 32.2. The summed E-state index contributed by atoms with van der Waals surface area (Å²) < 4.78 is 1.93. The van der Waals surface area contributed by atoms with Gasteiger partial charge >= 0.3 is 0 Å². The molecule has 0 fully saturated rings. The van der Waals surface area contributed by atoms with Crippen molar-refractivity contribution in [1.29, 1.82) is 0 Å². The molecule has 24 heavy (non-hydrogen) atoms. The predicted molar refractivity (Wildman–Crippen MR) is 94.1 cm³/mol. The van der Waals surface area contributed by atoms with E-state index in [0.717, 1.165) is 23.5 Å². The fraction of sp³-hybridized carbons (Fsp3) is 0.500. The van der Waals surface area contributed by atoms with Crippen LogP contribution in [0.15, 0.2) is 16.0 Å². The molecule has 0 spiro atoms. The number of rotatable bonds is 6. The third kappa shape index (κ3) is 4.25. The van der Waals surface area contributed by atoms with Crippen LogP contribution >= 0.6 is 11.8 Å². The Balaban J connectivity index is 1.99. The molecule has 1 atom stereocenters. The topological polar surface area (TPSA) is 92.7 Å². The minimum Gasteiger partial charge on any atom is -0.351 e. The molecule has 2 aromatic rings. The molecule has 8 heteroatoms. The molecule has 0 aliphatic heterocycles. The van der Waals surface area contributed by atoms with E-state index in [1.165, 1.54) is 17.8 Å². The van der Waals surface area contributed by atoms with Gasteiger partial charge in [0.2, 0.25) is 5.91 Å². The molecule has 2 aromatic heterocycles. The molecule has 0 aliphatic rings. The van der Waals surface area contributed by atoms with Gasteiger partial charge in [0.05, 0.1) is 10.9 Å². The highest BCUT2D eigenvalue weighted by molar-refractivity contribution is 8.00. The van der Waals surface area contributed by atoms with E-state index >= 15 is 0 Å². The number of nitrogens with one attached hydrogen (secondary N) is 2. The van der Waals surface area contributed by atoms with Crippen LogP contribution in [0.25, 0.3) is 0 Å². The van der Waals surface area contributed by atoms with Gasteiger partial charge in [0.25, 0.3) is 5.56 Å². The molecule has 1 amide bonds. The van der Waals surface area contributed by atoms with Gasteiger partial charge in [-0.05, 0) is 34.6 Å². The van der Waals surface area contributed by atoms with Crippen LogP contribution < -0.4 is 10.9 Å². The summed E-state index contributed by atoms with van der Waals surface area (Å²) >= 11 is 1.23. The van der Waals surface area contributed by atoms with Crippen molar-refractivity contribution in [2.24, 2.45) is 0 Å². The fourth-order valence-corrected chi connectivity index (χ4v) is 3.33. The van der Waals surface area contributed by atoms with Gasteiger partial charge in [-0.15, -0.1) is 0 Å². The maximum Gasteiger partial charge on any atom is 0.251 e. The Morgan fingerprint density at radius 1 is 1.42 bits per heavy atom. The summed E-state index contributed by atoms with van der Waals surface area (Å²) in [6.45, 7) is 10.8. The van der Waals surface area contributed by atoms with Gasteiger partial charge in [-0.3, -0.25) is 14.3 Å². The van der Waals surface area contributed by atoms with Crippen molar-refractivity contribution in [3.05, 3.63) is 39.1 Å². The van der Waals surface area contributed by atoms with Gasteiger partial charge < -0.3 is 10.3 Å². The van der Waals surface area contributed by atoms with Crippen molar-refractivity contribution >= 4 is 17.7 Å². The van der Waals surface area contributed by atoms with Crippen molar-refractivity contribution in [3.63, 3.8) is 0 Å². The molecular weight excluding hydrogens is 326 g/mol. The second-order valence-electron chi connectivity index (χ2n) is 5.63. The molecule has 130 valence electrons. The molecular formula is C16H23N5O2S. The average Bonchev–Trinajstić information content (AvgIpc) is 2.77. The van der Waals surface area contributed by atoms with Crippen LogP contribution in [0.1, 0.15) is 36.5 Å². The molecule has 2 heterocycles. The lowest BCUT2D eigenvalue weighted by molar-refractivity contribution is -0.120. The summed E-state index contributed by atoms with van der Waals surface area (Å²) in [6.07, 6.45) is 0. The highest BCUT2D eigenvalue weighted by Crippen LogP contribution is 2.19. The molecule has 1 unspecified atom stereocenters. The van der Waals surface area contributed by atoms with Crippen molar-refractivity contribution < 1.29 is 4.79 Å². The van der Waals surface area contributed by atoms with Crippen molar-refractivity contribution in [2.75, 3.05) is 0 Å². The summed E-state index contributed by atoms with van der Waals surface area (Å²) in [5.74, 6) is -0.104. The summed E-state index contributed by atoms with van der Waals surface area (Å²) in [6, 6.07) is 1.42. The number of aryl methyl sites for hydroxylation is 3. The molecule has 0 aromatic carbocycles. The zero-order valence-corrected chi connectivity index (χ0v) is 15.5.